The molecule has 92 valence electrons. The summed E-state index contributed by atoms with van der Waals surface area (Å²) >= 11 is 5.73. The molecule has 1 atom stereocenters. The zero-order chi connectivity index (χ0) is 12.3. The maximum absolute atomic E-state index is 11.9. The molecule has 0 saturated heterocycles. The highest BCUT2D eigenvalue weighted by Crippen LogP contribution is 2.34. The highest BCUT2D eigenvalue weighted by molar-refractivity contribution is 6.29. The van der Waals surface area contributed by atoms with Gasteiger partial charge in [0, 0.05) is 12.6 Å². The normalized spacial score (nSPS) is 16.6. The van der Waals surface area contributed by atoms with Gasteiger partial charge in [-0.2, -0.15) is 0 Å². The largest absolute Gasteiger partial charge is 0.396 e. The lowest BCUT2D eigenvalue weighted by Gasteiger charge is -2.16. The average Bonchev–Trinajstić information content (AvgIpc) is 3.12. The topological polar surface area (TPSA) is 62.2 Å². The van der Waals surface area contributed by atoms with Gasteiger partial charge < -0.3 is 10.4 Å². The summed E-state index contributed by atoms with van der Waals surface area (Å²) in [6, 6.07) is 5.00. The van der Waals surface area contributed by atoms with Crippen LogP contribution in [0, 0.1) is 5.92 Å². The van der Waals surface area contributed by atoms with E-state index >= 15 is 0 Å². The van der Waals surface area contributed by atoms with Crippen molar-refractivity contribution in [2.45, 2.75) is 25.3 Å². The fourth-order valence-electron chi connectivity index (χ4n) is 1.84. The molecule has 1 aromatic rings. The Labute approximate surface area is 105 Å². The minimum atomic E-state index is -0.224. The molecule has 1 amide bonds. The van der Waals surface area contributed by atoms with Crippen molar-refractivity contribution in [3.05, 3.63) is 29.0 Å². The highest BCUT2D eigenvalue weighted by atomic mass is 35.5. The molecule has 0 spiro atoms. The second-order valence-corrected chi connectivity index (χ2v) is 4.66. The van der Waals surface area contributed by atoms with Gasteiger partial charge in [0.25, 0.3) is 5.91 Å². The predicted octanol–water partition coefficient (Wildman–Crippen LogP) is 1.63. The Kier molecular flexibility index (Phi) is 3.97. The first-order valence-electron chi connectivity index (χ1n) is 5.75. The van der Waals surface area contributed by atoms with Crippen LogP contribution < -0.4 is 5.32 Å². The number of aliphatic hydroxyl groups is 1. The number of nitrogens with zero attached hydrogens (tertiary/aromatic N) is 1. The third-order valence-corrected chi connectivity index (χ3v) is 3.11. The number of rotatable bonds is 5. The summed E-state index contributed by atoms with van der Waals surface area (Å²) in [5.74, 6) is 0.281. The maximum atomic E-state index is 11.9. The average molecular weight is 255 g/mol. The van der Waals surface area contributed by atoms with Crippen LogP contribution in [0.1, 0.15) is 29.8 Å². The van der Waals surface area contributed by atoms with Gasteiger partial charge in [-0.15, -0.1) is 0 Å². The molecule has 0 aliphatic heterocycles. The second kappa shape index (κ2) is 5.47. The molecule has 0 aromatic carbocycles. The first-order chi connectivity index (χ1) is 8.20. The Bertz CT molecular complexity index is 407. The number of aliphatic hydroxyl groups excluding tert-OH is 1. The van der Waals surface area contributed by atoms with Crippen molar-refractivity contribution >= 4 is 17.5 Å². The lowest BCUT2D eigenvalue weighted by atomic mass is 10.1. The first-order valence-corrected chi connectivity index (χ1v) is 6.13. The van der Waals surface area contributed by atoms with Crippen molar-refractivity contribution in [2.75, 3.05) is 6.61 Å². The molecular weight excluding hydrogens is 240 g/mol. The Morgan fingerprint density at radius 2 is 2.35 bits per heavy atom. The summed E-state index contributed by atoms with van der Waals surface area (Å²) in [5, 5.41) is 12.2. The van der Waals surface area contributed by atoms with E-state index in [1.165, 1.54) is 0 Å². The van der Waals surface area contributed by atoms with Gasteiger partial charge in [0.2, 0.25) is 0 Å². The summed E-state index contributed by atoms with van der Waals surface area (Å²) < 4.78 is 0. The Balaban J connectivity index is 1.99. The zero-order valence-electron chi connectivity index (χ0n) is 9.40. The van der Waals surface area contributed by atoms with E-state index in [1.54, 1.807) is 18.2 Å². The minimum Gasteiger partial charge on any atom is -0.396 e. The summed E-state index contributed by atoms with van der Waals surface area (Å²) in [7, 11) is 0. The summed E-state index contributed by atoms with van der Waals surface area (Å²) in [5.41, 5.74) is 0.320. The van der Waals surface area contributed by atoms with Gasteiger partial charge in [-0.25, -0.2) is 4.98 Å². The molecule has 2 N–H and O–H groups in total. The third kappa shape index (κ3) is 3.41. The number of pyridine rings is 1. The molecule has 1 saturated carbocycles. The smallest absolute Gasteiger partial charge is 0.270 e. The molecule has 2 rings (SSSR count). The van der Waals surface area contributed by atoms with Crippen molar-refractivity contribution in [3.63, 3.8) is 0 Å². The van der Waals surface area contributed by atoms with E-state index in [9.17, 15) is 4.79 Å². The Morgan fingerprint density at radius 1 is 1.59 bits per heavy atom. The van der Waals surface area contributed by atoms with E-state index in [0.29, 0.717) is 23.2 Å². The number of hydrogen-bond acceptors (Lipinski definition) is 3. The van der Waals surface area contributed by atoms with E-state index in [1.807, 2.05) is 0 Å². The number of carbonyl (C=O) groups excluding carboxylic acids is 1. The van der Waals surface area contributed by atoms with Crippen LogP contribution in [0.5, 0.6) is 0 Å². The molecule has 1 aromatic heterocycles. The van der Waals surface area contributed by atoms with Crippen LogP contribution in [0.3, 0.4) is 0 Å². The molecule has 0 radical (unpaired) electrons. The molecule has 4 nitrogen and oxygen atoms in total. The summed E-state index contributed by atoms with van der Waals surface area (Å²) in [6.45, 7) is 0.0877. The highest BCUT2D eigenvalue weighted by Gasteiger charge is 2.32. The Hall–Kier alpha value is -1.13. The van der Waals surface area contributed by atoms with E-state index in [4.69, 9.17) is 16.7 Å². The monoisotopic (exact) mass is 254 g/mol. The third-order valence-electron chi connectivity index (χ3n) is 2.90. The lowest BCUT2D eigenvalue weighted by molar-refractivity contribution is 0.0919. The van der Waals surface area contributed by atoms with Crippen molar-refractivity contribution in [1.29, 1.82) is 0 Å². The van der Waals surface area contributed by atoms with Gasteiger partial charge in [-0.3, -0.25) is 4.79 Å². The molecule has 0 bridgehead atoms. The Morgan fingerprint density at radius 3 is 2.94 bits per heavy atom. The van der Waals surface area contributed by atoms with Crippen LogP contribution in [-0.4, -0.2) is 28.6 Å². The first kappa shape index (κ1) is 12.3. The number of amides is 1. The van der Waals surface area contributed by atoms with Gasteiger partial charge >= 0.3 is 0 Å². The maximum Gasteiger partial charge on any atom is 0.270 e. The van der Waals surface area contributed by atoms with E-state index in [0.717, 1.165) is 12.8 Å². The van der Waals surface area contributed by atoms with Crippen LogP contribution in [0.2, 0.25) is 5.15 Å². The number of carbonyl (C=O) groups is 1. The number of hydrogen-bond donors (Lipinski definition) is 2. The molecule has 1 heterocycles. The van der Waals surface area contributed by atoms with Gasteiger partial charge in [0.1, 0.15) is 10.8 Å². The number of aromatic nitrogens is 1. The van der Waals surface area contributed by atoms with Gasteiger partial charge in [0.05, 0.1) is 0 Å². The van der Waals surface area contributed by atoms with Crippen molar-refractivity contribution < 1.29 is 9.90 Å². The zero-order valence-corrected chi connectivity index (χ0v) is 10.2. The van der Waals surface area contributed by atoms with Crippen molar-refractivity contribution in [3.8, 4) is 0 Å². The van der Waals surface area contributed by atoms with Gasteiger partial charge in [-0.1, -0.05) is 17.7 Å². The van der Waals surface area contributed by atoms with Gasteiger partial charge in [-0.05, 0) is 37.3 Å². The van der Waals surface area contributed by atoms with Crippen LogP contribution in [0.4, 0.5) is 0 Å². The molecule has 5 heteroatoms. The number of halogens is 1. The van der Waals surface area contributed by atoms with E-state index in [2.05, 4.69) is 10.3 Å². The fourth-order valence-corrected chi connectivity index (χ4v) is 2.00. The fraction of sp³-hybridized carbons (Fsp3) is 0.500. The summed E-state index contributed by atoms with van der Waals surface area (Å²) in [6.07, 6.45) is 2.83. The molecule has 1 aliphatic rings. The SMILES string of the molecule is O=C(NC(CCO)C1CC1)c1cccc(Cl)n1. The van der Waals surface area contributed by atoms with Crippen LogP contribution in [-0.2, 0) is 0 Å². The standard InChI is InChI=1S/C12H15ClN2O2/c13-11-3-1-2-10(14-11)12(17)15-9(6-7-16)8-4-5-8/h1-3,8-9,16H,4-7H2,(H,15,17). The minimum absolute atomic E-state index is 0.0493. The molecule has 1 unspecified atom stereocenters. The van der Waals surface area contributed by atoms with Crippen molar-refractivity contribution in [1.82, 2.24) is 10.3 Å². The van der Waals surface area contributed by atoms with Crippen LogP contribution >= 0.6 is 11.6 Å². The molecule has 1 aliphatic carbocycles. The lowest BCUT2D eigenvalue weighted by Crippen LogP contribution is -2.37. The number of nitrogens with one attached hydrogen (secondary N) is 1. The predicted molar refractivity (Wildman–Crippen MR) is 64.9 cm³/mol. The molecular formula is C12H15ClN2O2. The van der Waals surface area contributed by atoms with E-state index < -0.39 is 0 Å². The van der Waals surface area contributed by atoms with Crippen LogP contribution in [0.25, 0.3) is 0 Å². The molecule has 17 heavy (non-hydrogen) atoms. The molecule has 1 fully saturated rings. The summed E-state index contributed by atoms with van der Waals surface area (Å²) in [4.78, 5) is 15.9. The second-order valence-electron chi connectivity index (χ2n) is 4.28. The van der Waals surface area contributed by atoms with Gasteiger partial charge in [0.15, 0.2) is 0 Å². The quantitative estimate of drug-likeness (QED) is 0.785. The van der Waals surface area contributed by atoms with E-state index in [-0.39, 0.29) is 18.6 Å². The van der Waals surface area contributed by atoms with Crippen LogP contribution in [0.15, 0.2) is 18.2 Å². The van der Waals surface area contributed by atoms with Crippen molar-refractivity contribution in [2.24, 2.45) is 5.92 Å².